The Labute approximate surface area is 166 Å². The van der Waals surface area contributed by atoms with Crippen molar-refractivity contribution in [1.29, 1.82) is 0 Å². The van der Waals surface area contributed by atoms with Gasteiger partial charge in [0, 0.05) is 13.0 Å². The lowest BCUT2D eigenvalue weighted by Gasteiger charge is -2.26. The smallest absolute Gasteiger partial charge is 0.278 e. The summed E-state index contributed by atoms with van der Waals surface area (Å²) in [6.07, 6.45) is -1.52. The fraction of sp³-hybridized carbons (Fsp3) is 0.286. The first-order chi connectivity index (χ1) is 13.8. The van der Waals surface area contributed by atoms with Crippen molar-refractivity contribution in [3.8, 4) is 0 Å². The van der Waals surface area contributed by atoms with Crippen molar-refractivity contribution in [2.75, 3.05) is 13.1 Å². The monoisotopic (exact) mass is 406 g/mol. The van der Waals surface area contributed by atoms with Crippen LogP contribution >= 0.6 is 0 Å². The van der Waals surface area contributed by atoms with Crippen LogP contribution in [0.25, 0.3) is 0 Å². The molecule has 0 aliphatic carbocycles. The average molecular weight is 406 g/mol. The van der Waals surface area contributed by atoms with Crippen LogP contribution in [-0.2, 0) is 16.0 Å². The van der Waals surface area contributed by atoms with Crippen molar-refractivity contribution in [2.24, 2.45) is 0 Å². The van der Waals surface area contributed by atoms with Gasteiger partial charge < -0.3 is 0 Å². The normalized spacial score (nSPS) is 11.6. The van der Waals surface area contributed by atoms with Gasteiger partial charge in [0.1, 0.15) is 17.8 Å². The van der Waals surface area contributed by atoms with Gasteiger partial charge in [-0.3, -0.25) is 19.4 Å². The maximum atomic E-state index is 14.5. The maximum Gasteiger partial charge on any atom is 0.333 e. The molecule has 0 aromatic heterocycles. The summed E-state index contributed by atoms with van der Waals surface area (Å²) in [6, 6.07) is 9.47. The molecule has 0 heterocycles. The largest absolute Gasteiger partial charge is 0.333 e. The molecule has 29 heavy (non-hydrogen) atoms. The fourth-order valence-corrected chi connectivity index (χ4v) is 2.75. The van der Waals surface area contributed by atoms with Crippen molar-refractivity contribution in [3.05, 3.63) is 71.3 Å². The fourth-order valence-electron chi connectivity index (χ4n) is 2.75. The highest BCUT2D eigenvalue weighted by Gasteiger charge is 2.27. The van der Waals surface area contributed by atoms with E-state index in [2.05, 4.69) is 0 Å². The van der Waals surface area contributed by atoms with Gasteiger partial charge in [-0.2, -0.15) is 0 Å². The number of alkyl halides is 1. The minimum Gasteiger partial charge on any atom is -0.278 e. The topological polar surface area (TPSA) is 57.7 Å². The first-order valence-electron chi connectivity index (χ1n) is 9.06. The zero-order valence-electron chi connectivity index (χ0n) is 15.9. The Bertz CT molecular complexity index is 876. The SMILES string of the molecule is CCC(=O)N(CCc1cccc(F)c1)C(=O)N(C=O)CC(F)c1cccc(F)c1. The van der Waals surface area contributed by atoms with Crippen LogP contribution in [0.2, 0.25) is 0 Å². The maximum absolute atomic E-state index is 14.5. The van der Waals surface area contributed by atoms with E-state index in [1.54, 1.807) is 13.0 Å². The van der Waals surface area contributed by atoms with Crippen LogP contribution in [-0.4, -0.2) is 41.2 Å². The van der Waals surface area contributed by atoms with Crippen LogP contribution in [0.15, 0.2) is 48.5 Å². The van der Waals surface area contributed by atoms with Crippen LogP contribution in [0, 0.1) is 11.6 Å². The van der Waals surface area contributed by atoms with Crippen LogP contribution in [0.5, 0.6) is 0 Å². The molecule has 0 radical (unpaired) electrons. The summed E-state index contributed by atoms with van der Waals surface area (Å²) in [4.78, 5) is 37.6. The Morgan fingerprint density at radius 1 is 1.07 bits per heavy atom. The second kappa shape index (κ2) is 10.4. The lowest BCUT2D eigenvalue weighted by Crippen LogP contribution is -2.47. The standard InChI is InChI=1S/C21H21F3N2O3/c1-2-20(28)26(10-9-15-5-3-7-17(22)11-15)21(29)25(14-27)13-19(24)16-6-4-8-18(23)12-16/h3-8,11-12,14,19H,2,9-10,13H2,1H3. The number of hydrogen-bond acceptors (Lipinski definition) is 3. The Hall–Kier alpha value is -3.16. The Morgan fingerprint density at radius 2 is 1.72 bits per heavy atom. The Kier molecular flexibility index (Phi) is 7.94. The van der Waals surface area contributed by atoms with Crippen LogP contribution in [0.3, 0.4) is 0 Å². The third-order valence-corrected chi connectivity index (χ3v) is 4.29. The molecule has 0 saturated carbocycles. The van der Waals surface area contributed by atoms with E-state index in [1.807, 2.05) is 0 Å². The summed E-state index contributed by atoms with van der Waals surface area (Å²) in [5.74, 6) is -1.65. The number of benzene rings is 2. The van der Waals surface area contributed by atoms with Crippen LogP contribution < -0.4 is 0 Å². The molecule has 0 saturated heterocycles. The molecule has 2 rings (SSSR count). The summed E-state index contributed by atoms with van der Waals surface area (Å²) in [5, 5.41) is 0. The van der Waals surface area contributed by atoms with Gasteiger partial charge in [-0.05, 0) is 41.8 Å². The second-order valence-corrected chi connectivity index (χ2v) is 6.34. The minimum atomic E-state index is -1.82. The summed E-state index contributed by atoms with van der Waals surface area (Å²) < 4.78 is 41.1. The lowest BCUT2D eigenvalue weighted by atomic mass is 10.1. The third kappa shape index (κ3) is 6.17. The van der Waals surface area contributed by atoms with Crippen LogP contribution in [0.4, 0.5) is 18.0 Å². The number of nitrogens with zero attached hydrogens (tertiary/aromatic N) is 2. The molecule has 8 heteroatoms. The van der Waals surface area contributed by atoms with E-state index in [4.69, 9.17) is 0 Å². The van der Waals surface area contributed by atoms with Crippen molar-refractivity contribution in [3.63, 3.8) is 0 Å². The van der Waals surface area contributed by atoms with Gasteiger partial charge in [-0.1, -0.05) is 31.2 Å². The van der Waals surface area contributed by atoms with Crippen molar-refractivity contribution >= 4 is 18.3 Å². The molecule has 0 N–H and O–H groups in total. The van der Waals surface area contributed by atoms with E-state index in [0.717, 1.165) is 17.0 Å². The highest BCUT2D eigenvalue weighted by molar-refractivity contribution is 5.98. The number of amides is 4. The number of rotatable bonds is 8. The molecule has 1 unspecified atom stereocenters. The van der Waals surface area contributed by atoms with Gasteiger partial charge in [-0.15, -0.1) is 0 Å². The molecule has 154 valence electrons. The van der Waals surface area contributed by atoms with Gasteiger partial charge in [0.25, 0.3) is 0 Å². The molecular formula is C21H21F3N2O3. The summed E-state index contributed by atoms with van der Waals surface area (Å²) in [7, 11) is 0. The molecule has 4 amide bonds. The molecule has 5 nitrogen and oxygen atoms in total. The van der Waals surface area contributed by atoms with Crippen molar-refractivity contribution in [1.82, 2.24) is 9.80 Å². The second-order valence-electron chi connectivity index (χ2n) is 6.34. The van der Waals surface area contributed by atoms with E-state index >= 15 is 0 Å². The lowest BCUT2D eigenvalue weighted by molar-refractivity contribution is -0.129. The molecule has 0 fully saturated rings. The summed E-state index contributed by atoms with van der Waals surface area (Å²) in [6.45, 7) is 0.774. The number of carbonyl (C=O) groups excluding carboxylic acids is 3. The number of hydrogen-bond donors (Lipinski definition) is 0. The van der Waals surface area contributed by atoms with Gasteiger partial charge in [0.2, 0.25) is 12.3 Å². The number of imide groups is 2. The minimum absolute atomic E-state index is 0.00939. The quantitative estimate of drug-likeness (QED) is 0.622. The molecule has 0 aliphatic rings. The van der Waals surface area contributed by atoms with E-state index in [0.29, 0.717) is 10.5 Å². The van der Waals surface area contributed by atoms with E-state index in [-0.39, 0.29) is 31.4 Å². The summed E-state index contributed by atoms with van der Waals surface area (Å²) >= 11 is 0. The van der Waals surface area contributed by atoms with E-state index in [1.165, 1.54) is 30.3 Å². The zero-order chi connectivity index (χ0) is 21.4. The van der Waals surface area contributed by atoms with Gasteiger partial charge in [0.05, 0.1) is 6.54 Å². The Balaban J connectivity index is 2.12. The highest BCUT2D eigenvalue weighted by Crippen LogP contribution is 2.20. The van der Waals surface area contributed by atoms with Gasteiger partial charge in [-0.25, -0.2) is 18.0 Å². The van der Waals surface area contributed by atoms with Crippen molar-refractivity contribution < 1.29 is 27.6 Å². The zero-order valence-corrected chi connectivity index (χ0v) is 15.9. The predicted octanol–water partition coefficient (Wildman–Crippen LogP) is 4.04. The highest BCUT2D eigenvalue weighted by atomic mass is 19.1. The third-order valence-electron chi connectivity index (χ3n) is 4.29. The molecule has 2 aromatic carbocycles. The molecule has 0 bridgehead atoms. The predicted molar refractivity (Wildman–Crippen MR) is 101 cm³/mol. The number of halogens is 3. The molecule has 0 aliphatic heterocycles. The Morgan fingerprint density at radius 3 is 2.31 bits per heavy atom. The van der Waals surface area contributed by atoms with Crippen LogP contribution in [0.1, 0.15) is 30.6 Å². The van der Waals surface area contributed by atoms with Gasteiger partial charge in [0.15, 0.2) is 0 Å². The molecule has 2 aromatic rings. The average Bonchev–Trinajstić information content (AvgIpc) is 2.71. The van der Waals surface area contributed by atoms with E-state index in [9.17, 15) is 27.6 Å². The molecular weight excluding hydrogens is 385 g/mol. The van der Waals surface area contributed by atoms with Gasteiger partial charge >= 0.3 is 6.03 Å². The molecule has 1 atom stereocenters. The first kappa shape index (κ1) is 22.1. The molecule has 0 spiro atoms. The van der Waals surface area contributed by atoms with E-state index < -0.39 is 36.3 Å². The van der Waals surface area contributed by atoms with Crippen molar-refractivity contribution in [2.45, 2.75) is 25.9 Å². The summed E-state index contributed by atoms with van der Waals surface area (Å²) in [5.41, 5.74) is 0.533. The first-order valence-corrected chi connectivity index (χ1v) is 9.06. The number of urea groups is 1. The number of carbonyl (C=O) groups is 3.